The van der Waals surface area contributed by atoms with Crippen molar-refractivity contribution in [2.24, 2.45) is 5.41 Å². The van der Waals surface area contributed by atoms with Crippen LogP contribution >= 0.6 is 7.60 Å². The number of fused-ring (bicyclic) bond motifs is 1. The second-order valence-electron chi connectivity index (χ2n) is 6.47. The van der Waals surface area contributed by atoms with Gasteiger partial charge in [0, 0.05) is 11.1 Å². The number of aldehydes is 1. The van der Waals surface area contributed by atoms with E-state index >= 15 is 0 Å². The van der Waals surface area contributed by atoms with Crippen molar-refractivity contribution in [1.29, 1.82) is 0 Å². The third-order valence-electron chi connectivity index (χ3n) is 3.84. The Labute approximate surface area is 128 Å². The zero-order valence-electron chi connectivity index (χ0n) is 12.5. The molecule has 2 aliphatic heterocycles. The van der Waals surface area contributed by atoms with Gasteiger partial charge < -0.3 is 19.2 Å². The van der Waals surface area contributed by atoms with Crippen molar-refractivity contribution in [1.82, 2.24) is 0 Å². The lowest BCUT2D eigenvalue weighted by Crippen LogP contribution is -2.30. The Bertz CT molecular complexity index is 671. The molecule has 0 spiro atoms. The van der Waals surface area contributed by atoms with Crippen LogP contribution in [0.15, 0.2) is 18.2 Å². The molecule has 6 nitrogen and oxygen atoms in total. The van der Waals surface area contributed by atoms with Crippen molar-refractivity contribution in [3.8, 4) is 0 Å². The second kappa shape index (κ2) is 5.30. The summed E-state index contributed by atoms with van der Waals surface area (Å²) in [5.41, 5.74) is 0.870. The van der Waals surface area contributed by atoms with Gasteiger partial charge >= 0.3 is 7.60 Å². The Hall–Kier alpha value is -1.49. The van der Waals surface area contributed by atoms with Crippen LogP contribution in [-0.2, 0) is 29.6 Å². The topological polar surface area (TPSA) is 81.7 Å². The van der Waals surface area contributed by atoms with Crippen molar-refractivity contribution in [2.75, 3.05) is 18.5 Å². The summed E-state index contributed by atoms with van der Waals surface area (Å²) in [6.45, 7) is 4.44. The Morgan fingerprint density at radius 2 is 2.00 bits per heavy atom. The molecule has 1 aromatic rings. The summed E-state index contributed by atoms with van der Waals surface area (Å²) < 4.78 is 23.8. The van der Waals surface area contributed by atoms with E-state index in [1.807, 2.05) is 13.8 Å². The minimum Gasteiger partial charge on any atom is -0.326 e. The van der Waals surface area contributed by atoms with Gasteiger partial charge in [-0.05, 0) is 17.2 Å². The lowest BCUT2D eigenvalue weighted by atomic mass is 9.97. The molecule has 2 aliphatic rings. The molecule has 0 saturated carbocycles. The largest absolute Gasteiger partial charge is 0.345 e. The van der Waals surface area contributed by atoms with Crippen molar-refractivity contribution in [2.45, 2.75) is 25.9 Å². The molecular formula is C15H18NO5P. The summed E-state index contributed by atoms with van der Waals surface area (Å²) in [6.07, 6.45) is 0.860. The fraction of sp³-hybridized carbons (Fsp3) is 0.467. The van der Waals surface area contributed by atoms with Crippen LogP contribution in [0.1, 0.15) is 30.6 Å². The van der Waals surface area contributed by atoms with Crippen molar-refractivity contribution in [3.05, 3.63) is 29.3 Å². The quantitative estimate of drug-likeness (QED) is 0.683. The van der Waals surface area contributed by atoms with Gasteiger partial charge in [-0.2, -0.15) is 0 Å². The smallest absolute Gasteiger partial charge is 0.326 e. The minimum atomic E-state index is -3.54. The number of nitrogens with one attached hydrogen (secondary N) is 1. The van der Waals surface area contributed by atoms with E-state index in [4.69, 9.17) is 9.05 Å². The second-order valence-corrected chi connectivity index (χ2v) is 8.63. The fourth-order valence-electron chi connectivity index (χ4n) is 2.54. The predicted molar refractivity (Wildman–Crippen MR) is 80.9 cm³/mol. The summed E-state index contributed by atoms with van der Waals surface area (Å²) in [5, 5.41) is 2.72. The number of amides is 1. The average molecular weight is 323 g/mol. The molecular weight excluding hydrogens is 305 g/mol. The zero-order valence-corrected chi connectivity index (χ0v) is 13.4. The zero-order chi connectivity index (χ0) is 16.0. The molecule has 0 aliphatic carbocycles. The molecule has 3 rings (SSSR count). The number of carbonyl (C=O) groups excluding carboxylic acids is 2. The first-order valence-corrected chi connectivity index (χ1v) is 8.71. The highest BCUT2D eigenvalue weighted by Crippen LogP contribution is 2.63. The van der Waals surface area contributed by atoms with E-state index in [-0.39, 0.29) is 31.0 Å². The highest BCUT2D eigenvalue weighted by atomic mass is 31.2. The molecule has 118 valence electrons. The highest BCUT2D eigenvalue weighted by molar-refractivity contribution is 7.55. The van der Waals surface area contributed by atoms with E-state index in [0.717, 1.165) is 11.3 Å². The van der Waals surface area contributed by atoms with E-state index in [9.17, 15) is 14.2 Å². The lowest BCUT2D eigenvalue weighted by molar-refractivity contribution is -0.115. The maximum Gasteiger partial charge on any atom is 0.345 e. The number of hydrogen-bond acceptors (Lipinski definition) is 5. The number of carbonyl (C=O) groups is 2. The van der Waals surface area contributed by atoms with Gasteiger partial charge in [0.25, 0.3) is 0 Å². The van der Waals surface area contributed by atoms with Crippen LogP contribution in [0.2, 0.25) is 0 Å². The van der Waals surface area contributed by atoms with Gasteiger partial charge in [0.1, 0.15) is 11.9 Å². The van der Waals surface area contributed by atoms with Crippen LogP contribution in [0.5, 0.6) is 0 Å². The Morgan fingerprint density at radius 1 is 1.32 bits per heavy atom. The van der Waals surface area contributed by atoms with Crippen LogP contribution in [-0.4, -0.2) is 25.4 Å². The van der Waals surface area contributed by atoms with Gasteiger partial charge in [0.05, 0.1) is 19.6 Å². The molecule has 1 atom stereocenters. The first-order chi connectivity index (χ1) is 10.3. The SMILES string of the molecule is CC1(C)COP(=O)(C(C=O)c2ccc3c(c2)CC(=O)N3)OC1. The van der Waals surface area contributed by atoms with Crippen molar-refractivity contribution >= 4 is 25.5 Å². The number of rotatable bonds is 3. The average Bonchev–Trinajstić information content (AvgIpc) is 2.83. The molecule has 22 heavy (non-hydrogen) atoms. The molecule has 0 bridgehead atoms. The summed E-state index contributed by atoms with van der Waals surface area (Å²) >= 11 is 0. The van der Waals surface area contributed by atoms with Crippen molar-refractivity contribution in [3.63, 3.8) is 0 Å². The number of benzene rings is 1. The maximum absolute atomic E-state index is 12.9. The van der Waals surface area contributed by atoms with Crippen LogP contribution in [0.4, 0.5) is 5.69 Å². The van der Waals surface area contributed by atoms with Gasteiger partial charge in [-0.1, -0.05) is 26.0 Å². The molecule has 1 N–H and O–H groups in total. The molecule has 1 fully saturated rings. The van der Waals surface area contributed by atoms with E-state index in [1.54, 1.807) is 18.2 Å². The molecule has 7 heteroatoms. The molecule has 1 unspecified atom stereocenters. The van der Waals surface area contributed by atoms with Gasteiger partial charge in [-0.25, -0.2) is 0 Å². The van der Waals surface area contributed by atoms with E-state index in [0.29, 0.717) is 11.8 Å². The standard InChI is InChI=1S/C15H18NO5P/c1-15(2)8-20-22(19,21-9-15)13(7-17)10-3-4-12-11(5-10)6-14(18)16-12/h3-5,7,13H,6,8-9H2,1-2H3,(H,16,18). The molecule has 0 aromatic heterocycles. The van der Waals surface area contributed by atoms with Gasteiger partial charge in [-0.3, -0.25) is 9.36 Å². The lowest BCUT2D eigenvalue weighted by Gasteiger charge is -2.36. The monoisotopic (exact) mass is 323 g/mol. The minimum absolute atomic E-state index is 0.0895. The summed E-state index contributed by atoms with van der Waals surface area (Å²) in [4.78, 5) is 22.9. The predicted octanol–water partition coefficient (Wildman–Crippen LogP) is 2.69. The summed E-state index contributed by atoms with van der Waals surface area (Å²) in [7, 11) is -3.54. The summed E-state index contributed by atoms with van der Waals surface area (Å²) in [5.74, 6) is -0.0895. The molecule has 1 amide bonds. The van der Waals surface area contributed by atoms with Gasteiger partial charge in [0.2, 0.25) is 5.91 Å². The first kappa shape index (κ1) is 15.4. The Kier molecular flexibility index (Phi) is 3.71. The van der Waals surface area contributed by atoms with Crippen LogP contribution in [0.25, 0.3) is 0 Å². The van der Waals surface area contributed by atoms with E-state index in [1.165, 1.54) is 0 Å². The molecule has 1 saturated heterocycles. The van der Waals surface area contributed by atoms with Crippen molar-refractivity contribution < 1.29 is 23.2 Å². The van der Waals surface area contributed by atoms with Crippen LogP contribution in [0, 0.1) is 5.41 Å². The number of hydrogen-bond donors (Lipinski definition) is 1. The third kappa shape index (κ3) is 2.74. The van der Waals surface area contributed by atoms with Crippen LogP contribution in [0.3, 0.4) is 0 Å². The highest BCUT2D eigenvalue weighted by Gasteiger charge is 2.44. The normalized spacial score (nSPS) is 23.5. The fourth-order valence-corrected chi connectivity index (χ4v) is 4.67. The molecule has 0 radical (unpaired) electrons. The van der Waals surface area contributed by atoms with Crippen LogP contribution < -0.4 is 5.32 Å². The Balaban J connectivity index is 1.89. The third-order valence-corrected chi connectivity index (χ3v) is 5.92. The van der Waals surface area contributed by atoms with E-state index in [2.05, 4.69) is 5.32 Å². The molecule has 1 aromatic carbocycles. The Morgan fingerprint density at radius 3 is 2.64 bits per heavy atom. The maximum atomic E-state index is 12.9. The summed E-state index contributed by atoms with van der Waals surface area (Å²) in [6, 6.07) is 5.11. The first-order valence-electron chi connectivity index (χ1n) is 7.10. The number of anilines is 1. The van der Waals surface area contributed by atoms with Gasteiger partial charge in [-0.15, -0.1) is 0 Å². The van der Waals surface area contributed by atoms with E-state index < -0.39 is 13.3 Å². The van der Waals surface area contributed by atoms with Gasteiger partial charge in [0.15, 0.2) is 0 Å². The molecule has 2 heterocycles.